The van der Waals surface area contributed by atoms with Crippen LogP contribution in [0.2, 0.25) is 5.02 Å². The Morgan fingerprint density at radius 2 is 2.07 bits per heavy atom. The number of hydrogen-bond acceptors (Lipinski definition) is 6. The van der Waals surface area contributed by atoms with E-state index >= 15 is 0 Å². The third kappa shape index (κ3) is 3.18. The van der Waals surface area contributed by atoms with Gasteiger partial charge in [-0.1, -0.05) is 40.2 Å². The number of carbonyl (C=O) groups is 1. The molecule has 1 aliphatic rings. The monoisotopic (exact) mass is 428 g/mol. The minimum Gasteiger partial charge on any atom is -0.854 e. The van der Waals surface area contributed by atoms with E-state index in [1.165, 1.54) is 18.7 Å². The smallest absolute Gasteiger partial charge is 0.296 e. The maximum Gasteiger partial charge on any atom is 0.296 e. The summed E-state index contributed by atoms with van der Waals surface area (Å²) in [6, 6.07) is 12.4. The van der Waals surface area contributed by atoms with E-state index in [2.05, 4.69) is 10.1 Å². The summed E-state index contributed by atoms with van der Waals surface area (Å²) < 4.78 is 7.08. The molecule has 1 atom stereocenters. The van der Waals surface area contributed by atoms with E-state index in [4.69, 9.17) is 16.3 Å². The highest BCUT2D eigenvalue weighted by Crippen LogP contribution is 2.42. The van der Waals surface area contributed by atoms with E-state index in [1.807, 2.05) is 12.1 Å². The number of halogens is 1. The minimum atomic E-state index is -0.757. The summed E-state index contributed by atoms with van der Waals surface area (Å²) in [6.07, 6.45) is 1.03. The van der Waals surface area contributed by atoms with Crippen molar-refractivity contribution in [1.29, 1.82) is 0 Å². The van der Waals surface area contributed by atoms with Crippen molar-refractivity contribution < 1.29 is 19.3 Å². The zero-order valence-electron chi connectivity index (χ0n) is 15.9. The first-order chi connectivity index (χ1) is 14.0. The number of anilines is 1. The molecule has 0 saturated carbocycles. The second-order valence-corrected chi connectivity index (χ2v) is 7.57. The Labute approximate surface area is 176 Å². The van der Waals surface area contributed by atoms with Gasteiger partial charge in [-0.25, -0.2) is 9.88 Å². The van der Waals surface area contributed by atoms with Crippen LogP contribution in [0.25, 0.3) is 11.3 Å². The third-order valence-corrected chi connectivity index (χ3v) is 5.48. The van der Waals surface area contributed by atoms with E-state index in [1.54, 1.807) is 53.3 Å². The van der Waals surface area contributed by atoms with E-state index < -0.39 is 12.0 Å². The molecule has 7 nitrogen and oxygen atoms in total. The predicted octanol–water partition coefficient (Wildman–Crippen LogP) is 2.80. The molecular weight excluding hydrogens is 412 g/mol. The average molecular weight is 429 g/mol. The molecule has 0 N–H and O–H groups in total. The fourth-order valence-corrected chi connectivity index (χ4v) is 4.07. The van der Waals surface area contributed by atoms with Crippen molar-refractivity contribution in [3.8, 4) is 22.9 Å². The van der Waals surface area contributed by atoms with Crippen LogP contribution in [0.15, 0.2) is 47.6 Å². The standard InChI is InChI=1S/C20H17ClN4O3S/c1-11(26)24-15-7-5-4-6-13(15)17-18(27)22-20(29-3)23-25(17)19(24)14-10-12(21)8-9-16(14)28-2/h4-10,19H,1-3H3. The Hall–Kier alpha value is -2.84. The van der Waals surface area contributed by atoms with E-state index in [0.29, 0.717) is 38.4 Å². The number of carbonyl (C=O) groups excluding carboxylic acids is 1. The Morgan fingerprint density at radius 1 is 1.31 bits per heavy atom. The SMILES string of the molecule is COc1ccc(Cl)cc1C1N(C(C)=O)c2ccccc2-c2c([O-])nc(SC)n[n+]21. The Bertz CT molecular complexity index is 1120. The van der Waals surface area contributed by atoms with Gasteiger partial charge in [0.05, 0.1) is 29.8 Å². The zero-order chi connectivity index (χ0) is 20.7. The summed E-state index contributed by atoms with van der Waals surface area (Å²) in [6.45, 7) is 1.47. The molecule has 0 radical (unpaired) electrons. The number of benzene rings is 2. The van der Waals surface area contributed by atoms with Crippen LogP contribution in [0, 0.1) is 0 Å². The molecule has 0 fully saturated rings. The normalized spacial score (nSPS) is 14.9. The molecule has 0 bridgehead atoms. The molecule has 9 heteroatoms. The van der Waals surface area contributed by atoms with Crippen LogP contribution >= 0.6 is 23.4 Å². The molecule has 1 aliphatic heterocycles. The number of rotatable bonds is 3. The van der Waals surface area contributed by atoms with Gasteiger partial charge in [-0.15, -0.1) is 0 Å². The van der Waals surface area contributed by atoms with Crippen molar-refractivity contribution in [3.05, 3.63) is 53.1 Å². The molecule has 3 aromatic rings. The van der Waals surface area contributed by atoms with Crippen LogP contribution in [0.3, 0.4) is 0 Å². The Balaban J connectivity index is 2.11. The number of ether oxygens (including phenoxy) is 1. The van der Waals surface area contributed by atoms with Gasteiger partial charge in [0, 0.05) is 17.0 Å². The molecule has 2 aromatic carbocycles. The van der Waals surface area contributed by atoms with Gasteiger partial charge in [-0.3, -0.25) is 4.79 Å². The van der Waals surface area contributed by atoms with Gasteiger partial charge in [0.2, 0.25) is 5.91 Å². The largest absolute Gasteiger partial charge is 0.854 e. The van der Waals surface area contributed by atoms with Gasteiger partial charge in [-0.05, 0) is 36.6 Å². The minimum absolute atomic E-state index is 0.209. The van der Waals surface area contributed by atoms with Crippen molar-refractivity contribution in [2.24, 2.45) is 0 Å². The van der Waals surface area contributed by atoms with Gasteiger partial charge in [0.15, 0.2) is 0 Å². The van der Waals surface area contributed by atoms with Crippen LogP contribution in [0.5, 0.6) is 11.6 Å². The van der Waals surface area contributed by atoms with Gasteiger partial charge in [0.1, 0.15) is 5.75 Å². The number of thioether (sulfide) groups is 1. The van der Waals surface area contributed by atoms with E-state index in [0.717, 1.165) is 0 Å². The number of aromatic nitrogens is 3. The number of para-hydroxylation sites is 1. The predicted molar refractivity (Wildman–Crippen MR) is 108 cm³/mol. The molecule has 148 valence electrons. The molecule has 1 aromatic heterocycles. The Kier molecular flexibility index (Phi) is 5.06. The van der Waals surface area contributed by atoms with Crippen molar-refractivity contribution in [3.63, 3.8) is 0 Å². The lowest BCUT2D eigenvalue weighted by atomic mass is 10.0. The molecule has 2 heterocycles. The van der Waals surface area contributed by atoms with Crippen molar-refractivity contribution in [1.82, 2.24) is 10.1 Å². The average Bonchev–Trinajstić information content (AvgIpc) is 2.71. The molecule has 0 saturated heterocycles. The lowest BCUT2D eigenvalue weighted by Gasteiger charge is -2.33. The molecule has 1 unspecified atom stereocenters. The fourth-order valence-electron chi connectivity index (χ4n) is 3.55. The lowest BCUT2D eigenvalue weighted by Crippen LogP contribution is -2.58. The first-order valence-corrected chi connectivity index (χ1v) is 10.3. The molecule has 4 rings (SSSR count). The second kappa shape index (κ2) is 7.53. The summed E-state index contributed by atoms with van der Waals surface area (Å²) >= 11 is 7.52. The molecule has 0 spiro atoms. The second-order valence-electron chi connectivity index (χ2n) is 6.36. The highest BCUT2D eigenvalue weighted by molar-refractivity contribution is 7.98. The number of amides is 1. The van der Waals surface area contributed by atoms with Crippen LogP contribution in [0.4, 0.5) is 5.69 Å². The topological polar surface area (TPSA) is 82.3 Å². The fraction of sp³-hybridized carbons (Fsp3) is 0.200. The molecule has 0 aliphatic carbocycles. The lowest BCUT2D eigenvalue weighted by molar-refractivity contribution is -0.764. The third-order valence-electron chi connectivity index (χ3n) is 4.71. The highest BCUT2D eigenvalue weighted by Gasteiger charge is 2.45. The first kappa shape index (κ1) is 19.5. The van der Waals surface area contributed by atoms with Gasteiger partial charge in [0.25, 0.3) is 17.0 Å². The van der Waals surface area contributed by atoms with Crippen molar-refractivity contribution in [2.75, 3.05) is 18.3 Å². The Morgan fingerprint density at radius 3 is 2.76 bits per heavy atom. The maximum absolute atomic E-state index is 12.9. The summed E-state index contributed by atoms with van der Waals surface area (Å²) in [5.74, 6) is -0.0920. The quantitative estimate of drug-likeness (QED) is 0.471. The van der Waals surface area contributed by atoms with Crippen LogP contribution in [-0.2, 0) is 4.79 Å². The summed E-state index contributed by atoms with van der Waals surface area (Å²) in [4.78, 5) is 18.5. The van der Waals surface area contributed by atoms with Gasteiger partial charge < -0.3 is 9.84 Å². The molecule has 1 amide bonds. The van der Waals surface area contributed by atoms with E-state index in [9.17, 15) is 9.90 Å². The van der Waals surface area contributed by atoms with Gasteiger partial charge >= 0.3 is 0 Å². The zero-order valence-corrected chi connectivity index (χ0v) is 17.5. The number of nitrogens with zero attached hydrogens (tertiary/aromatic N) is 4. The number of methoxy groups -OCH3 is 1. The summed E-state index contributed by atoms with van der Waals surface area (Å²) in [5, 5.41) is 18.3. The van der Waals surface area contributed by atoms with Crippen LogP contribution in [0.1, 0.15) is 18.7 Å². The van der Waals surface area contributed by atoms with Crippen molar-refractivity contribution >= 4 is 35.0 Å². The summed E-state index contributed by atoms with van der Waals surface area (Å²) in [7, 11) is 1.54. The number of fused-ring (bicyclic) bond motifs is 3. The van der Waals surface area contributed by atoms with Crippen molar-refractivity contribution in [2.45, 2.75) is 18.2 Å². The molecule has 29 heavy (non-hydrogen) atoms. The highest BCUT2D eigenvalue weighted by atomic mass is 35.5. The number of hydrogen-bond donors (Lipinski definition) is 0. The first-order valence-electron chi connectivity index (χ1n) is 8.73. The van der Waals surface area contributed by atoms with E-state index in [-0.39, 0.29) is 5.91 Å². The molecular formula is C20H17ClN4O3S. The van der Waals surface area contributed by atoms with Gasteiger partial charge in [-0.2, -0.15) is 0 Å². The van der Waals surface area contributed by atoms with Crippen LogP contribution in [-0.4, -0.2) is 29.4 Å². The summed E-state index contributed by atoms with van der Waals surface area (Å²) in [5.41, 5.74) is 2.12. The van der Waals surface area contributed by atoms with Crippen LogP contribution < -0.4 is 19.4 Å². The maximum atomic E-state index is 12.9.